The van der Waals surface area contributed by atoms with Gasteiger partial charge < -0.3 is 15.4 Å². The molecule has 12 heavy (non-hydrogen) atoms. The van der Waals surface area contributed by atoms with Gasteiger partial charge in [-0.1, -0.05) is 0 Å². The van der Waals surface area contributed by atoms with Crippen LogP contribution in [-0.2, 0) is 4.74 Å². The first-order chi connectivity index (χ1) is 5.72. The van der Waals surface area contributed by atoms with Gasteiger partial charge in [0.1, 0.15) is 0 Å². The average Bonchev–Trinajstić information content (AvgIpc) is 2.10. The Labute approximate surface area is 75.9 Å². The Balaban J connectivity index is 3.39. The number of hydrogen-bond acceptors (Lipinski definition) is 3. The monoisotopic (exact) mass is 174 g/mol. The van der Waals surface area contributed by atoms with Crippen molar-refractivity contribution in [2.24, 2.45) is 5.73 Å². The largest absolute Gasteiger partial charge is 0.383 e. The van der Waals surface area contributed by atoms with Crippen molar-refractivity contribution in [3.63, 3.8) is 0 Å². The summed E-state index contributed by atoms with van der Waals surface area (Å²) in [6, 6.07) is 0.615. The lowest BCUT2D eigenvalue weighted by Gasteiger charge is -2.23. The molecule has 0 aromatic carbocycles. The number of ether oxygens (including phenoxy) is 1. The van der Waals surface area contributed by atoms with Crippen LogP contribution in [0.1, 0.15) is 19.8 Å². The average molecular weight is 174 g/mol. The fraction of sp³-hybridized carbons (Fsp3) is 1.00. The summed E-state index contributed by atoms with van der Waals surface area (Å²) in [5.74, 6) is 0. The van der Waals surface area contributed by atoms with Gasteiger partial charge in [-0.15, -0.1) is 0 Å². The van der Waals surface area contributed by atoms with E-state index in [1.807, 2.05) is 0 Å². The van der Waals surface area contributed by atoms with E-state index in [0.717, 1.165) is 26.1 Å². The van der Waals surface area contributed by atoms with E-state index in [2.05, 4.69) is 18.9 Å². The molecule has 74 valence electrons. The van der Waals surface area contributed by atoms with E-state index in [9.17, 15) is 0 Å². The van der Waals surface area contributed by atoms with Crippen LogP contribution in [-0.4, -0.2) is 44.8 Å². The molecule has 3 nitrogen and oxygen atoms in total. The number of nitrogens with zero attached hydrogens (tertiary/aromatic N) is 1. The molecule has 2 N–H and O–H groups in total. The molecule has 0 rings (SSSR count). The Morgan fingerprint density at radius 2 is 2.17 bits per heavy atom. The maximum absolute atomic E-state index is 5.43. The molecule has 0 spiro atoms. The second kappa shape index (κ2) is 7.53. The van der Waals surface area contributed by atoms with Crippen molar-refractivity contribution < 1.29 is 4.74 Å². The minimum Gasteiger partial charge on any atom is -0.383 e. The van der Waals surface area contributed by atoms with Gasteiger partial charge in [0.05, 0.1) is 6.61 Å². The maximum Gasteiger partial charge on any atom is 0.0589 e. The van der Waals surface area contributed by atoms with Crippen molar-refractivity contribution in [2.45, 2.75) is 25.8 Å². The molecule has 0 aromatic rings. The van der Waals surface area contributed by atoms with Gasteiger partial charge in [0.25, 0.3) is 0 Å². The third kappa shape index (κ3) is 5.52. The molecule has 1 unspecified atom stereocenters. The van der Waals surface area contributed by atoms with Crippen LogP contribution in [0.4, 0.5) is 0 Å². The number of hydrogen-bond donors (Lipinski definition) is 1. The van der Waals surface area contributed by atoms with Gasteiger partial charge in [0.2, 0.25) is 0 Å². The number of likely N-dealkylation sites (N-methyl/N-ethyl adjacent to an activating group) is 1. The molecule has 0 aromatic heterocycles. The van der Waals surface area contributed by atoms with Gasteiger partial charge in [-0.25, -0.2) is 0 Å². The first-order valence-electron chi connectivity index (χ1n) is 4.61. The highest BCUT2D eigenvalue weighted by Crippen LogP contribution is 2.02. The second-order valence-electron chi connectivity index (χ2n) is 3.25. The summed E-state index contributed by atoms with van der Waals surface area (Å²) in [7, 11) is 3.86. The zero-order valence-corrected chi connectivity index (χ0v) is 8.55. The fourth-order valence-corrected chi connectivity index (χ4v) is 1.09. The van der Waals surface area contributed by atoms with E-state index in [-0.39, 0.29) is 0 Å². The molecule has 1 atom stereocenters. The highest BCUT2D eigenvalue weighted by Gasteiger charge is 2.06. The van der Waals surface area contributed by atoms with Crippen LogP contribution < -0.4 is 5.73 Å². The molecule has 0 saturated carbocycles. The summed E-state index contributed by atoms with van der Waals surface area (Å²) in [6.45, 7) is 4.83. The number of methoxy groups -OCH3 is 1. The zero-order chi connectivity index (χ0) is 9.40. The highest BCUT2D eigenvalue weighted by atomic mass is 16.5. The van der Waals surface area contributed by atoms with Gasteiger partial charge in [0, 0.05) is 19.7 Å². The summed E-state index contributed by atoms with van der Waals surface area (Å²) >= 11 is 0. The number of nitrogens with two attached hydrogens (primary N) is 1. The lowest BCUT2D eigenvalue weighted by atomic mass is 10.1. The van der Waals surface area contributed by atoms with Crippen molar-refractivity contribution in [2.75, 3.05) is 33.9 Å². The molecule has 0 amide bonds. The van der Waals surface area contributed by atoms with Gasteiger partial charge in [0.15, 0.2) is 0 Å². The Kier molecular flexibility index (Phi) is 7.45. The smallest absolute Gasteiger partial charge is 0.0589 e. The highest BCUT2D eigenvalue weighted by molar-refractivity contribution is 4.62. The molecule has 0 aliphatic rings. The van der Waals surface area contributed by atoms with Crippen LogP contribution in [0.25, 0.3) is 0 Å². The van der Waals surface area contributed by atoms with E-state index in [1.165, 1.54) is 6.42 Å². The van der Waals surface area contributed by atoms with Gasteiger partial charge >= 0.3 is 0 Å². The molecule has 0 fully saturated rings. The molecule has 3 heteroatoms. The topological polar surface area (TPSA) is 38.5 Å². The van der Waals surface area contributed by atoms with E-state index in [0.29, 0.717) is 6.04 Å². The predicted molar refractivity (Wildman–Crippen MR) is 52.3 cm³/mol. The third-order valence-corrected chi connectivity index (χ3v) is 2.23. The third-order valence-electron chi connectivity index (χ3n) is 2.23. The van der Waals surface area contributed by atoms with Crippen molar-refractivity contribution in [3.8, 4) is 0 Å². The Hall–Kier alpha value is -0.120. The molecule has 0 heterocycles. The summed E-state index contributed by atoms with van der Waals surface area (Å²) in [5.41, 5.74) is 5.43. The van der Waals surface area contributed by atoms with Crippen LogP contribution in [0.2, 0.25) is 0 Å². The van der Waals surface area contributed by atoms with Crippen molar-refractivity contribution in [3.05, 3.63) is 0 Å². The van der Waals surface area contributed by atoms with E-state index < -0.39 is 0 Å². The van der Waals surface area contributed by atoms with E-state index in [4.69, 9.17) is 10.5 Å². The standard InChI is InChI=1S/C9H22N2O/c1-9(5-4-6-10)11(2)7-8-12-3/h9H,4-8,10H2,1-3H3. The lowest BCUT2D eigenvalue weighted by Crippen LogP contribution is -2.32. The zero-order valence-electron chi connectivity index (χ0n) is 8.55. The molecule has 0 radical (unpaired) electrons. The predicted octanol–water partition coefficient (Wildman–Crippen LogP) is 0.692. The molecule has 0 bridgehead atoms. The van der Waals surface area contributed by atoms with E-state index in [1.54, 1.807) is 7.11 Å². The second-order valence-corrected chi connectivity index (χ2v) is 3.25. The minimum atomic E-state index is 0.615. The van der Waals surface area contributed by atoms with E-state index >= 15 is 0 Å². The summed E-state index contributed by atoms with van der Waals surface area (Å²) in [6.07, 6.45) is 2.29. The first kappa shape index (κ1) is 11.9. The van der Waals surface area contributed by atoms with Gasteiger partial charge in [-0.05, 0) is 33.4 Å². The van der Waals surface area contributed by atoms with Crippen molar-refractivity contribution in [1.82, 2.24) is 4.90 Å². The van der Waals surface area contributed by atoms with Crippen LogP contribution in [0.5, 0.6) is 0 Å². The van der Waals surface area contributed by atoms with Crippen LogP contribution in [0.3, 0.4) is 0 Å². The van der Waals surface area contributed by atoms with Crippen molar-refractivity contribution in [1.29, 1.82) is 0 Å². The fourth-order valence-electron chi connectivity index (χ4n) is 1.09. The van der Waals surface area contributed by atoms with Crippen LogP contribution in [0.15, 0.2) is 0 Å². The first-order valence-corrected chi connectivity index (χ1v) is 4.61. The normalized spacial score (nSPS) is 13.8. The molecular weight excluding hydrogens is 152 g/mol. The quantitative estimate of drug-likeness (QED) is 0.617. The maximum atomic E-state index is 5.43. The number of rotatable bonds is 7. The molecule has 0 aliphatic heterocycles. The summed E-state index contributed by atoms with van der Waals surface area (Å²) in [5, 5.41) is 0. The Morgan fingerprint density at radius 1 is 1.50 bits per heavy atom. The summed E-state index contributed by atoms with van der Waals surface area (Å²) in [4.78, 5) is 2.30. The van der Waals surface area contributed by atoms with Gasteiger partial charge in [-0.2, -0.15) is 0 Å². The Bertz CT molecular complexity index is 86.5. The summed E-state index contributed by atoms with van der Waals surface area (Å²) < 4.78 is 5.00. The van der Waals surface area contributed by atoms with Crippen LogP contribution >= 0.6 is 0 Å². The molecule has 0 saturated heterocycles. The van der Waals surface area contributed by atoms with Gasteiger partial charge in [-0.3, -0.25) is 0 Å². The molecular formula is C9H22N2O. The lowest BCUT2D eigenvalue weighted by molar-refractivity contribution is 0.140. The molecule has 0 aliphatic carbocycles. The minimum absolute atomic E-state index is 0.615. The van der Waals surface area contributed by atoms with Crippen LogP contribution in [0, 0.1) is 0 Å². The Morgan fingerprint density at radius 3 is 2.67 bits per heavy atom. The SMILES string of the molecule is COCCN(C)C(C)CCCN. The van der Waals surface area contributed by atoms with Crippen molar-refractivity contribution >= 4 is 0 Å².